The summed E-state index contributed by atoms with van der Waals surface area (Å²) in [7, 11) is 0. The van der Waals surface area contributed by atoms with Gasteiger partial charge in [-0.25, -0.2) is 0 Å². The average molecular weight is 523 g/mol. The average Bonchev–Trinajstić information content (AvgIpc) is 2.89. The van der Waals surface area contributed by atoms with Crippen LogP contribution in [0.4, 0.5) is 0 Å². The molecule has 0 aromatic rings. The first-order valence-electron chi connectivity index (χ1n) is 16.9. The lowest BCUT2D eigenvalue weighted by Crippen LogP contribution is -2.11. The monoisotopic (exact) mass is 523 g/mol. The zero-order valence-corrected chi connectivity index (χ0v) is 25.4. The van der Waals surface area contributed by atoms with Crippen LogP contribution < -0.4 is 0 Å². The number of esters is 2. The fourth-order valence-electron chi connectivity index (χ4n) is 5.16. The van der Waals surface area contributed by atoms with Crippen molar-refractivity contribution in [3.05, 3.63) is 0 Å². The molecule has 0 unspecified atom stereocenters. The molecule has 0 aliphatic rings. The van der Waals surface area contributed by atoms with Crippen molar-refractivity contribution in [2.24, 2.45) is 0 Å². The maximum atomic E-state index is 11.9. The largest absolute Gasteiger partial charge is 0.393 e. The van der Waals surface area contributed by atoms with Gasteiger partial charge in [0.15, 0.2) is 0 Å². The minimum absolute atomic E-state index is 0.325. The van der Waals surface area contributed by atoms with Crippen LogP contribution in [0.15, 0.2) is 0 Å². The summed E-state index contributed by atoms with van der Waals surface area (Å²) in [5.41, 5.74) is 0. The molecule has 0 rings (SSSR count). The van der Waals surface area contributed by atoms with Crippen molar-refractivity contribution >= 4 is 11.9 Å². The zero-order chi connectivity index (χ0) is 27.1. The van der Waals surface area contributed by atoms with E-state index in [1.165, 1.54) is 154 Å². The van der Waals surface area contributed by atoms with Crippen LogP contribution in [-0.2, 0) is 14.3 Å². The molecule has 0 atom stereocenters. The van der Waals surface area contributed by atoms with Crippen molar-refractivity contribution in [3.8, 4) is 0 Å². The zero-order valence-electron chi connectivity index (χ0n) is 25.4. The second-order valence-corrected chi connectivity index (χ2v) is 11.5. The van der Waals surface area contributed by atoms with Crippen LogP contribution in [0.3, 0.4) is 0 Å². The SMILES string of the molecule is CCCCCCCCCCCCCCCCC(=O)OC(=O)CCCCCCCCCCCCCCCC. The quantitative estimate of drug-likeness (QED) is 0.0535. The number of rotatable bonds is 30. The summed E-state index contributed by atoms with van der Waals surface area (Å²) < 4.78 is 5.00. The predicted molar refractivity (Wildman–Crippen MR) is 161 cm³/mol. The summed E-state index contributed by atoms with van der Waals surface area (Å²) in [5, 5.41) is 0. The third kappa shape index (κ3) is 31.3. The molecule has 0 radical (unpaired) electrons. The second-order valence-electron chi connectivity index (χ2n) is 11.5. The van der Waals surface area contributed by atoms with Crippen molar-refractivity contribution < 1.29 is 14.3 Å². The van der Waals surface area contributed by atoms with E-state index in [0.29, 0.717) is 12.8 Å². The van der Waals surface area contributed by atoms with Crippen LogP contribution in [0.5, 0.6) is 0 Å². The topological polar surface area (TPSA) is 43.4 Å². The van der Waals surface area contributed by atoms with Gasteiger partial charge in [-0.15, -0.1) is 0 Å². The van der Waals surface area contributed by atoms with E-state index in [4.69, 9.17) is 4.74 Å². The first-order valence-corrected chi connectivity index (χ1v) is 16.9. The Balaban J connectivity index is 3.28. The molecule has 0 amide bonds. The van der Waals surface area contributed by atoms with Gasteiger partial charge in [-0.05, 0) is 12.8 Å². The normalized spacial score (nSPS) is 11.2. The molecule has 0 aromatic heterocycles. The Morgan fingerprint density at radius 1 is 0.324 bits per heavy atom. The fraction of sp³-hybridized carbons (Fsp3) is 0.941. The van der Waals surface area contributed by atoms with E-state index in [9.17, 15) is 9.59 Å². The molecule has 3 nitrogen and oxygen atoms in total. The van der Waals surface area contributed by atoms with Crippen LogP contribution in [-0.4, -0.2) is 11.9 Å². The molecule has 0 spiro atoms. The van der Waals surface area contributed by atoms with Crippen LogP contribution in [0.25, 0.3) is 0 Å². The van der Waals surface area contributed by atoms with E-state index in [-0.39, 0.29) is 11.9 Å². The Labute approximate surface area is 232 Å². The highest BCUT2D eigenvalue weighted by atomic mass is 16.6. The molecular formula is C34H66O3. The minimum Gasteiger partial charge on any atom is -0.393 e. The van der Waals surface area contributed by atoms with E-state index in [1.807, 2.05) is 0 Å². The van der Waals surface area contributed by atoms with Gasteiger partial charge in [0, 0.05) is 12.8 Å². The highest BCUT2D eigenvalue weighted by Gasteiger charge is 2.09. The van der Waals surface area contributed by atoms with Gasteiger partial charge < -0.3 is 4.74 Å². The minimum atomic E-state index is -0.325. The number of hydrogen-bond acceptors (Lipinski definition) is 3. The number of carbonyl (C=O) groups excluding carboxylic acids is 2. The summed E-state index contributed by atoms with van der Waals surface area (Å²) in [6.45, 7) is 4.55. The molecule has 0 saturated carbocycles. The van der Waals surface area contributed by atoms with Gasteiger partial charge in [0.25, 0.3) is 0 Å². The number of ether oxygens (including phenoxy) is 1. The molecule has 0 aliphatic heterocycles. The lowest BCUT2D eigenvalue weighted by atomic mass is 10.0. The van der Waals surface area contributed by atoms with Crippen molar-refractivity contribution in [2.75, 3.05) is 0 Å². The Kier molecular flexibility index (Phi) is 30.6. The van der Waals surface area contributed by atoms with Crippen LogP contribution in [0.2, 0.25) is 0 Å². The molecular weight excluding hydrogens is 456 g/mol. The van der Waals surface area contributed by atoms with Gasteiger partial charge in [-0.3, -0.25) is 9.59 Å². The van der Waals surface area contributed by atoms with E-state index in [0.717, 1.165) is 25.7 Å². The van der Waals surface area contributed by atoms with E-state index < -0.39 is 0 Å². The number of hydrogen-bond donors (Lipinski definition) is 0. The lowest BCUT2D eigenvalue weighted by molar-refractivity contribution is -0.159. The van der Waals surface area contributed by atoms with Crippen LogP contribution in [0.1, 0.15) is 206 Å². The molecule has 3 heteroatoms. The van der Waals surface area contributed by atoms with Crippen molar-refractivity contribution in [3.63, 3.8) is 0 Å². The molecule has 0 aliphatic carbocycles. The van der Waals surface area contributed by atoms with Gasteiger partial charge in [0.1, 0.15) is 0 Å². The maximum Gasteiger partial charge on any atom is 0.313 e. The highest BCUT2D eigenvalue weighted by molar-refractivity contribution is 5.85. The second kappa shape index (κ2) is 31.4. The molecule has 0 bridgehead atoms. The van der Waals surface area contributed by atoms with E-state index >= 15 is 0 Å². The Morgan fingerprint density at radius 3 is 0.730 bits per heavy atom. The summed E-state index contributed by atoms with van der Waals surface area (Å²) in [4.78, 5) is 23.8. The molecule has 0 N–H and O–H groups in total. The Bertz CT molecular complexity index is 432. The maximum absolute atomic E-state index is 11.9. The van der Waals surface area contributed by atoms with Gasteiger partial charge in [-0.1, -0.05) is 181 Å². The first-order chi connectivity index (χ1) is 18.2. The van der Waals surface area contributed by atoms with Gasteiger partial charge in [0.05, 0.1) is 0 Å². The van der Waals surface area contributed by atoms with Crippen molar-refractivity contribution in [1.82, 2.24) is 0 Å². The Morgan fingerprint density at radius 2 is 0.514 bits per heavy atom. The molecule has 0 heterocycles. The Hall–Kier alpha value is -0.860. The van der Waals surface area contributed by atoms with E-state index in [2.05, 4.69) is 13.8 Å². The number of carbonyl (C=O) groups is 2. The van der Waals surface area contributed by atoms with Crippen LogP contribution >= 0.6 is 0 Å². The van der Waals surface area contributed by atoms with Crippen molar-refractivity contribution in [2.45, 2.75) is 206 Å². The fourth-order valence-corrected chi connectivity index (χ4v) is 5.16. The third-order valence-electron chi connectivity index (χ3n) is 7.70. The summed E-state index contributed by atoms with van der Waals surface area (Å²) >= 11 is 0. The molecule has 0 aromatic carbocycles. The summed E-state index contributed by atoms with van der Waals surface area (Å²) in [6.07, 6.45) is 37.2. The molecule has 220 valence electrons. The predicted octanol–water partition coefficient (Wildman–Crippen LogP) is 11.8. The molecule has 0 saturated heterocycles. The standard InChI is InChI=1S/C34H66O3/c1-3-5-7-9-11-13-15-17-19-21-23-25-27-29-31-33(35)37-34(36)32-30-28-26-24-22-20-18-16-14-12-10-8-6-4-2/h3-32H2,1-2H3. The highest BCUT2D eigenvalue weighted by Crippen LogP contribution is 2.15. The number of unbranched alkanes of at least 4 members (excludes halogenated alkanes) is 26. The third-order valence-corrected chi connectivity index (χ3v) is 7.70. The summed E-state index contributed by atoms with van der Waals surface area (Å²) in [6, 6.07) is 0. The summed E-state index contributed by atoms with van der Waals surface area (Å²) in [5.74, 6) is -0.649. The van der Waals surface area contributed by atoms with Gasteiger partial charge in [-0.2, -0.15) is 0 Å². The van der Waals surface area contributed by atoms with Gasteiger partial charge >= 0.3 is 11.9 Å². The first kappa shape index (κ1) is 36.1. The van der Waals surface area contributed by atoms with E-state index in [1.54, 1.807) is 0 Å². The van der Waals surface area contributed by atoms with Crippen molar-refractivity contribution in [1.29, 1.82) is 0 Å². The molecule has 37 heavy (non-hydrogen) atoms. The molecule has 0 fully saturated rings. The van der Waals surface area contributed by atoms with Gasteiger partial charge in [0.2, 0.25) is 0 Å². The lowest BCUT2D eigenvalue weighted by Gasteiger charge is -2.05. The van der Waals surface area contributed by atoms with Crippen LogP contribution in [0, 0.1) is 0 Å². The smallest absolute Gasteiger partial charge is 0.313 e.